The third kappa shape index (κ3) is 3.40. The molecule has 0 saturated heterocycles. The summed E-state index contributed by atoms with van der Waals surface area (Å²) in [7, 11) is 0. The quantitative estimate of drug-likeness (QED) is 0.514. The Hall–Kier alpha value is -1.20. The molecule has 1 aromatic rings. The molecule has 0 radical (unpaired) electrons. The van der Waals surface area contributed by atoms with Crippen molar-refractivity contribution in [2.24, 2.45) is 0 Å². The predicted molar refractivity (Wildman–Crippen MR) is 71.0 cm³/mol. The van der Waals surface area contributed by atoms with Crippen LogP contribution in [0.3, 0.4) is 0 Å². The van der Waals surface area contributed by atoms with Crippen molar-refractivity contribution in [3.05, 3.63) is 34.9 Å². The molecule has 0 bridgehead atoms. The summed E-state index contributed by atoms with van der Waals surface area (Å²) < 4.78 is 4.89. The van der Waals surface area contributed by atoms with E-state index in [9.17, 15) is 14.7 Å². The maximum atomic E-state index is 11.8. The molecule has 0 aliphatic carbocycles. The van der Waals surface area contributed by atoms with Crippen LogP contribution in [0.25, 0.3) is 0 Å². The Morgan fingerprint density at radius 1 is 1.44 bits per heavy atom. The molecule has 0 aromatic heterocycles. The highest BCUT2D eigenvalue weighted by molar-refractivity contribution is 9.10. The number of aliphatic hydroxyl groups excluding tert-OH is 1. The standard InChI is InChI=1S/C13H15BrO4/c1-3-18-13(17)11-6-9(12(16)8(2)14)4-5-10(11)7-15/h4-6,8,15H,3,7H2,1-2H3. The van der Waals surface area contributed by atoms with Gasteiger partial charge in [-0.25, -0.2) is 4.79 Å². The van der Waals surface area contributed by atoms with Crippen LogP contribution in [-0.2, 0) is 11.3 Å². The SMILES string of the molecule is CCOC(=O)c1cc(C(=O)C(C)Br)ccc1CO. The number of carbonyl (C=O) groups excluding carboxylic acids is 2. The summed E-state index contributed by atoms with van der Waals surface area (Å²) in [4.78, 5) is 23.2. The van der Waals surface area contributed by atoms with Crippen molar-refractivity contribution < 1.29 is 19.4 Å². The fraction of sp³-hybridized carbons (Fsp3) is 0.385. The van der Waals surface area contributed by atoms with Gasteiger partial charge in [-0.1, -0.05) is 28.1 Å². The summed E-state index contributed by atoms with van der Waals surface area (Å²) in [5.41, 5.74) is 1.10. The molecular formula is C13H15BrO4. The summed E-state index contributed by atoms with van der Waals surface area (Å²) >= 11 is 3.19. The fourth-order valence-corrected chi connectivity index (χ4v) is 1.76. The average molecular weight is 315 g/mol. The Bertz CT molecular complexity index is 454. The highest BCUT2D eigenvalue weighted by atomic mass is 79.9. The number of alkyl halides is 1. The van der Waals surface area contributed by atoms with Crippen LogP contribution in [0, 0.1) is 0 Å². The minimum Gasteiger partial charge on any atom is -0.462 e. The highest BCUT2D eigenvalue weighted by Crippen LogP contribution is 2.17. The molecule has 98 valence electrons. The summed E-state index contributed by atoms with van der Waals surface area (Å²) in [6.45, 7) is 3.39. The van der Waals surface area contributed by atoms with E-state index in [0.29, 0.717) is 11.1 Å². The van der Waals surface area contributed by atoms with Crippen molar-refractivity contribution in [3.8, 4) is 0 Å². The van der Waals surface area contributed by atoms with Gasteiger partial charge >= 0.3 is 5.97 Å². The van der Waals surface area contributed by atoms with Crippen LogP contribution in [0.4, 0.5) is 0 Å². The van der Waals surface area contributed by atoms with Crippen molar-refractivity contribution in [1.29, 1.82) is 0 Å². The number of halogens is 1. The molecule has 1 aromatic carbocycles. The fourth-order valence-electron chi connectivity index (χ4n) is 1.50. The van der Waals surface area contributed by atoms with Crippen LogP contribution in [0.1, 0.15) is 40.1 Å². The molecule has 18 heavy (non-hydrogen) atoms. The van der Waals surface area contributed by atoms with Crippen molar-refractivity contribution in [2.45, 2.75) is 25.3 Å². The maximum Gasteiger partial charge on any atom is 0.338 e. The van der Waals surface area contributed by atoms with E-state index < -0.39 is 5.97 Å². The molecule has 1 unspecified atom stereocenters. The normalized spacial score (nSPS) is 12.0. The molecule has 0 aliphatic heterocycles. The van der Waals surface area contributed by atoms with E-state index in [1.165, 1.54) is 6.07 Å². The van der Waals surface area contributed by atoms with Crippen LogP contribution in [0.15, 0.2) is 18.2 Å². The molecule has 0 heterocycles. The Balaban J connectivity index is 3.17. The van der Waals surface area contributed by atoms with Crippen molar-refractivity contribution >= 4 is 27.7 Å². The van der Waals surface area contributed by atoms with Gasteiger partial charge in [-0.05, 0) is 25.5 Å². The number of ketones is 1. The van der Waals surface area contributed by atoms with Gasteiger partial charge in [0.2, 0.25) is 0 Å². The smallest absolute Gasteiger partial charge is 0.338 e. The van der Waals surface area contributed by atoms with Crippen LogP contribution >= 0.6 is 15.9 Å². The van der Waals surface area contributed by atoms with Gasteiger partial charge in [-0.15, -0.1) is 0 Å². The molecule has 0 fully saturated rings. The second-order valence-electron chi connectivity index (χ2n) is 3.73. The minimum atomic E-state index is -0.529. The number of Topliss-reactive ketones (excluding diaryl/α,β-unsaturated/α-hetero) is 1. The zero-order valence-corrected chi connectivity index (χ0v) is 11.9. The number of carbonyl (C=O) groups is 2. The van der Waals surface area contributed by atoms with E-state index in [0.717, 1.165) is 0 Å². The van der Waals surface area contributed by atoms with E-state index in [1.807, 2.05) is 0 Å². The Morgan fingerprint density at radius 3 is 2.61 bits per heavy atom. The van der Waals surface area contributed by atoms with Gasteiger partial charge < -0.3 is 9.84 Å². The predicted octanol–water partition coefficient (Wildman–Crippen LogP) is 2.32. The summed E-state index contributed by atoms with van der Waals surface area (Å²) in [5.74, 6) is -0.650. The molecule has 1 rings (SSSR count). The van der Waals surface area contributed by atoms with Crippen molar-refractivity contribution in [3.63, 3.8) is 0 Å². The summed E-state index contributed by atoms with van der Waals surface area (Å²) in [6, 6.07) is 4.62. The van der Waals surface area contributed by atoms with Crippen molar-refractivity contribution in [2.75, 3.05) is 6.61 Å². The van der Waals surface area contributed by atoms with Gasteiger partial charge in [0.15, 0.2) is 5.78 Å². The Morgan fingerprint density at radius 2 is 2.11 bits per heavy atom. The second-order valence-corrected chi connectivity index (χ2v) is 5.10. The van der Waals surface area contributed by atoms with Gasteiger partial charge in [-0.2, -0.15) is 0 Å². The van der Waals surface area contributed by atoms with E-state index in [4.69, 9.17) is 4.74 Å². The van der Waals surface area contributed by atoms with Crippen LogP contribution in [0.2, 0.25) is 0 Å². The number of benzene rings is 1. The van der Waals surface area contributed by atoms with Crippen LogP contribution < -0.4 is 0 Å². The third-order valence-electron chi connectivity index (χ3n) is 2.42. The van der Waals surface area contributed by atoms with Crippen LogP contribution in [0.5, 0.6) is 0 Å². The lowest BCUT2D eigenvalue weighted by Crippen LogP contribution is -2.14. The monoisotopic (exact) mass is 314 g/mol. The highest BCUT2D eigenvalue weighted by Gasteiger charge is 2.17. The molecule has 0 spiro atoms. The molecule has 0 amide bonds. The van der Waals surface area contributed by atoms with E-state index >= 15 is 0 Å². The number of hydrogen-bond donors (Lipinski definition) is 1. The van der Waals surface area contributed by atoms with Gasteiger partial charge in [0.1, 0.15) is 0 Å². The molecule has 0 aliphatic rings. The van der Waals surface area contributed by atoms with Gasteiger partial charge in [0, 0.05) is 5.56 Å². The molecule has 1 N–H and O–H groups in total. The van der Waals surface area contributed by atoms with Crippen molar-refractivity contribution in [1.82, 2.24) is 0 Å². The largest absolute Gasteiger partial charge is 0.462 e. The first-order chi connectivity index (χ1) is 8.51. The minimum absolute atomic E-state index is 0.120. The molecule has 5 heteroatoms. The lowest BCUT2D eigenvalue weighted by molar-refractivity contribution is 0.0523. The van der Waals surface area contributed by atoms with E-state index in [-0.39, 0.29) is 29.4 Å². The summed E-state index contributed by atoms with van der Waals surface area (Å²) in [5, 5.41) is 9.17. The first kappa shape index (κ1) is 14.9. The van der Waals surface area contributed by atoms with Gasteiger partial charge in [0.05, 0.1) is 23.6 Å². The van der Waals surface area contributed by atoms with Gasteiger partial charge in [0.25, 0.3) is 0 Å². The zero-order valence-electron chi connectivity index (χ0n) is 10.3. The number of aliphatic hydroxyl groups is 1. The van der Waals surface area contributed by atoms with Gasteiger partial charge in [-0.3, -0.25) is 4.79 Å². The first-order valence-electron chi connectivity index (χ1n) is 5.60. The molecular weight excluding hydrogens is 300 g/mol. The Labute approximate surface area is 114 Å². The van der Waals surface area contributed by atoms with Crippen LogP contribution in [-0.4, -0.2) is 28.3 Å². The zero-order chi connectivity index (χ0) is 13.7. The average Bonchev–Trinajstić information content (AvgIpc) is 2.37. The number of hydrogen-bond acceptors (Lipinski definition) is 4. The van der Waals surface area contributed by atoms with E-state index in [2.05, 4.69) is 15.9 Å². The third-order valence-corrected chi connectivity index (χ3v) is 2.84. The topological polar surface area (TPSA) is 63.6 Å². The lowest BCUT2D eigenvalue weighted by Gasteiger charge is -2.09. The number of ether oxygens (including phenoxy) is 1. The molecule has 0 saturated carbocycles. The molecule has 1 atom stereocenters. The number of rotatable bonds is 5. The molecule has 4 nitrogen and oxygen atoms in total. The first-order valence-corrected chi connectivity index (χ1v) is 6.52. The Kier molecular flexibility index (Phi) is 5.50. The lowest BCUT2D eigenvalue weighted by atomic mass is 10.0. The number of esters is 1. The second kappa shape index (κ2) is 6.66. The van der Waals surface area contributed by atoms with E-state index in [1.54, 1.807) is 26.0 Å². The summed E-state index contributed by atoms with van der Waals surface area (Å²) in [6.07, 6.45) is 0. The maximum absolute atomic E-state index is 11.8.